The number of carbonyl (C=O) groups is 1. The van der Waals surface area contributed by atoms with E-state index in [4.69, 9.17) is 11.6 Å². The first-order valence-electron chi connectivity index (χ1n) is 7.60. The van der Waals surface area contributed by atoms with Gasteiger partial charge in [0.1, 0.15) is 5.82 Å². The number of benzene rings is 2. The maximum Gasteiger partial charge on any atom is 0.255 e. The van der Waals surface area contributed by atoms with Crippen LogP contribution in [0.25, 0.3) is 0 Å². The smallest absolute Gasteiger partial charge is 0.255 e. The van der Waals surface area contributed by atoms with Gasteiger partial charge in [0, 0.05) is 31.9 Å². The van der Waals surface area contributed by atoms with Gasteiger partial charge in [0.25, 0.3) is 5.91 Å². The highest BCUT2D eigenvalue weighted by Crippen LogP contribution is 2.22. The summed E-state index contributed by atoms with van der Waals surface area (Å²) in [6, 6.07) is 12.2. The van der Waals surface area contributed by atoms with Crippen molar-refractivity contribution >= 4 is 23.2 Å². The van der Waals surface area contributed by atoms with Crippen molar-refractivity contribution in [3.05, 3.63) is 64.4 Å². The zero-order chi connectivity index (χ0) is 16.4. The molecule has 0 atom stereocenters. The lowest BCUT2D eigenvalue weighted by atomic mass is 10.1. The Labute approximate surface area is 140 Å². The molecule has 23 heavy (non-hydrogen) atoms. The summed E-state index contributed by atoms with van der Waals surface area (Å²) in [6.45, 7) is 4.86. The minimum Gasteiger partial charge on any atom is -0.368 e. The van der Waals surface area contributed by atoms with Gasteiger partial charge in [0.15, 0.2) is 0 Å². The molecule has 0 spiro atoms. The van der Waals surface area contributed by atoms with E-state index >= 15 is 0 Å². The van der Waals surface area contributed by atoms with Crippen LogP contribution in [0, 0.1) is 12.7 Å². The van der Waals surface area contributed by atoms with Crippen molar-refractivity contribution in [2.24, 2.45) is 0 Å². The zero-order valence-electron chi connectivity index (χ0n) is 12.9. The molecule has 1 amide bonds. The van der Waals surface area contributed by atoms with Gasteiger partial charge in [-0.05, 0) is 42.8 Å². The highest BCUT2D eigenvalue weighted by molar-refractivity contribution is 6.33. The van der Waals surface area contributed by atoms with Crippen LogP contribution in [0.4, 0.5) is 10.1 Å². The van der Waals surface area contributed by atoms with Gasteiger partial charge in [-0.2, -0.15) is 0 Å². The topological polar surface area (TPSA) is 23.6 Å². The second kappa shape index (κ2) is 6.59. The fourth-order valence-electron chi connectivity index (χ4n) is 2.83. The molecule has 0 bridgehead atoms. The molecule has 0 saturated carbocycles. The van der Waals surface area contributed by atoms with Gasteiger partial charge < -0.3 is 9.80 Å². The van der Waals surface area contributed by atoms with Gasteiger partial charge >= 0.3 is 0 Å². The van der Waals surface area contributed by atoms with Gasteiger partial charge in [-0.15, -0.1) is 0 Å². The van der Waals surface area contributed by atoms with E-state index in [-0.39, 0.29) is 10.9 Å². The Kier molecular flexibility index (Phi) is 4.53. The van der Waals surface area contributed by atoms with E-state index in [1.54, 1.807) is 4.90 Å². The Bertz CT molecular complexity index is 727. The number of anilines is 1. The highest BCUT2D eigenvalue weighted by atomic mass is 35.5. The molecule has 0 radical (unpaired) electrons. The SMILES string of the molecule is Cc1cccc(N2CCN(C(=O)c3ccc(F)cc3Cl)CC2)c1. The van der Waals surface area contributed by atoms with E-state index in [0.717, 1.165) is 13.1 Å². The minimum atomic E-state index is -0.434. The summed E-state index contributed by atoms with van der Waals surface area (Å²) in [6.07, 6.45) is 0. The van der Waals surface area contributed by atoms with Gasteiger partial charge in [-0.1, -0.05) is 23.7 Å². The van der Waals surface area contributed by atoms with Crippen LogP contribution in [0.3, 0.4) is 0 Å². The summed E-state index contributed by atoms with van der Waals surface area (Å²) in [5, 5.41) is 0.163. The van der Waals surface area contributed by atoms with Crippen LogP contribution in [0.1, 0.15) is 15.9 Å². The van der Waals surface area contributed by atoms with E-state index in [2.05, 4.69) is 30.0 Å². The molecular weight excluding hydrogens is 315 g/mol. The lowest BCUT2D eigenvalue weighted by Crippen LogP contribution is -2.48. The Morgan fingerprint density at radius 1 is 1.09 bits per heavy atom. The summed E-state index contributed by atoms with van der Waals surface area (Å²) in [5.41, 5.74) is 2.76. The number of nitrogens with zero attached hydrogens (tertiary/aromatic N) is 2. The Morgan fingerprint density at radius 3 is 2.48 bits per heavy atom. The molecule has 0 unspecified atom stereocenters. The quantitative estimate of drug-likeness (QED) is 0.836. The van der Waals surface area contributed by atoms with Crippen molar-refractivity contribution in [2.75, 3.05) is 31.1 Å². The molecule has 1 fully saturated rings. The van der Waals surface area contributed by atoms with E-state index < -0.39 is 5.82 Å². The van der Waals surface area contributed by atoms with Gasteiger partial charge in [0.05, 0.1) is 10.6 Å². The Balaban J connectivity index is 1.68. The molecule has 0 N–H and O–H groups in total. The fraction of sp³-hybridized carbons (Fsp3) is 0.278. The maximum atomic E-state index is 13.1. The number of hydrogen-bond donors (Lipinski definition) is 0. The Hall–Kier alpha value is -2.07. The first-order chi connectivity index (χ1) is 11.0. The molecule has 1 heterocycles. The third kappa shape index (κ3) is 3.48. The molecule has 120 valence electrons. The molecule has 1 aliphatic heterocycles. The molecule has 0 aromatic heterocycles. The van der Waals surface area contributed by atoms with Crippen LogP contribution < -0.4 is 4.90 Å². The van der Waals surface area contributed by atoms with Gasteiger partial charge in [-0.3, -0.25) is 4.79 Å². The van der Waals surface area contributed by atoms with E-state index in [1.165, 1.54) is 29.4 Å². The second-order valence-corrected chi connectivity index (χ2v) is 6.15. The number of piperazine rings is 1. The maximum absolute atomic E-state index is 13.1. The van der Waals surface area contributed by atoms with E-state index in [0.29, 0.717) is 18.7 Å². The normalized spacial score (nSPS) is 14.9. The minimum absolute atomic E-state index is 0.140. The molecule has 1 aliphatic rings. The van der Waals surface area contributed by atoms with Crippen molar-refractivity contribution < 1.29 is 9.18 Å². The lowest BCUT2D eigenvalue weighted by molar-refractivity contribution is 0.0747. The third-order valence-corrected chi connectivity index (χ3v) is 4.41. The molecule has 5 heteroatoms. The van der Waals surface area contributed by atoms with E-state index in [1.807, 2.05) is 6.07 Å². The van der Waals surface area contributed by atoms with Crippen LogP contribution in [-0.2, 0) is 0 Å². The van der Waals surface area contributed by atoms with Crippen molar-refractivity contribution in [3.8, 4) is 0 Å². The molecular formula is C18H18ClFN2O. The summed E-state index contributed by atoms with van der Waals surface area (Å²) in [5.74, 6) is -0.574. The third-order valence-electron chi connectivity index (χ3n) is 4.10. The number of halogens is 2. The highest BCUT2D eigenvalue weighted by Gasteiger charge is 2.23. The standard InChI is InChI=1S/C18H18ClFN2O/c1-13-3-2-4-15(11-13)21-7-9-22(10-8-21)18(23)16-6-5-14(20)12-17(16)19/h2-6,11-12H,7-10H2,1H3. The van der Waals surface area contributed by atoms with Crippen LogP contribution >= 0.6 is 11.6 Å². The number of hydrogen-bond acceptors (Lipinski definition) is 2. The number of carbonyl (C=O) groups excluding carboxylic acids is 1. The van der Waals surface area contributed by atoms with Crippen molar-refractivity contribution in [1.29, 1.82) is 0 Å². The average molecular weight is 333 g/mol. The van der Waals surface area contributed by atoms with Crippen LogP contribution in [0.15, 0.2) is 42.5 Å². The van der Waals surface area contributed by atoms with Crippen LogP contribution in [0.2, 0.25) is 5.02 Å². The van der Waals surface area contributed by atoms with Crippen molar-refractivity contribution in [2.45, 2.75) is 6.92 Å². The predicted molar refractivity (Wildman–Crippen MR) is 90.7 cm³/mol. The monoisotopic (exact) mass is 332 g/mol. The molecule has 2 aromatic carbocycles. The summed E-state index contributed by atoms with van der Waals surface area (Å²) in [4.78, 5) is 16.6. The number of rotatable bonds is 2. The molecule has 1 saturated heterocycles. The molecule has 3 rings (SSSR count). The predicted octanol–water partition coefficient (Wildman–Crippen LogP) is 3.75. The molecule has 3 nitrogen and oxygen atoms in total. The first kappa shape index (κ1) is 15.8. The molecule has 0 aliphatic carbocycles. The van der Waals surface area contributed by atoms with Crippen LogP contribution in [-0.4, -0.2) is 37.0 Å². The Morgan fingerprint density at radius 2 is 1.83 bits per heavy atom. The lowest BCUT2D eigenvalue weighted by Gasteiger charge is -2.36. The molecule has 2 aromatic rings. The first-order valence-corrected chi connectivity index (χ1v) is 7.98. The zero-order valence-corrected chi connectivity index (χ0v) is 13.7. The second-order valence-electron chi connectivity index (χ2n) is 5.74. The van der Waals surface area contributed by atoms with E-state index in [9.17, 15) is 9.18 Å². The summed E-state index contributed by atoms with van der Waals surface area (Å²) >= 11 is 5.99. The van der Waals surface area contributed by atoms with Crippen molar-refractivity contribution in [1.82, 2.24) is 4.90 Å². The number of amides is 1. The average Bonchev–Trinajstić information content (AvgIpc) is 2.54. The fourth-order valence-corrected chi connectivity index (χ4v) is 3.07. The summed E-state index contributed by atoms with van der Waals surface area (Å²) in [7, 11) is 0. The van der Waals surface area contributed by atoms with Crippen LogP contribution in [0.5, 0.6) is 0 Å². The largest absolute Gasteiger partial charge is 0.368 e. The van der Waals surface area contributed by atoms with Gasteiger partial charge in [-0.25, -0.2) is 4.39 Å². The van der Waals surface area contributed by atoms with Gasteiger partial charge in [0.2, 0.25) is 0 Å². The number of aryl methyl sites for hydroxylation is 1. The van der Waals surface area contributed by atoms with Crippen molar-refractivity contribution in [3.63, 3.8) is 0 Å². The summed E-state index contributed by atoms with van der Waals surface area (Å²) < 4.78 is 13.1.